The van der Waals surface area contributed by atoms with E-state index < -0.39 is 0 Å². The highest BCUT2D eigenvalue weighted by Gasteiger charge is 2.48. The summed E-state index contributed by atoms with van der Waals surface area (Å²) in [6.07, 6.45) is 7.08. The summed E-state index contributed by atoms with van der Waals surface area (Å²) in [7, 11) is 0. The maximum absolute atomic E-state index is 12.7. The van der Waals surface area contributed by atoms with E-state index in [9.17, 15) is 9.59 Å². The largest absolute Gasteiger partial charge is 0.352 e. The number of nitrogens with one attached hydrogen (secondary N) is 1. The summed E-state index contributed by atoms with van der Waals surface area (Å²) >= 11 is 1.71. The van der Waals surface area contributed by atoms with E-state index in [0.29, 0.717) is 5.75 Å². The van der Waals surface area contributed by atoms with Crippen molar-refractivity contribution in [1.82, 2.24) is 10.2 Å². The van der Waals surface area contributed by atoms with Gasteiger partial charge in [-0.15, -0.1) is 11.8 Å². The summed E-state index contributed by atoms with van der Waals surface area (Å²) in [5.74, 6) is 0.744. The minimum atomic E-state index is -0.326. The van der Waals surface area contributed by atoms with Crippen LogP contribution in [0.3, 0.4) is 0 Å². The number of rotatable bonds is 2. The van der Waals surface area contributed by atoms with Gasteiger partial charge in [0.1, 0.15) is 11.4 Å². The van der Waals surface area contributed by atoms with Crippen molar-refractivity contribution in [1.29, 1.82) is 0 Å². The molecule has 1 aliphatic carbocycles. The molecule has 2 unspecified atom stereocenters. The molecule has 2 amide bonds. The molecule has 0 radical (unpaired) electrons. The predicted octanol–water partition coefficient (Wildman–Crippen LogP) is 3.10. The van der Waals surface area contributed by atoms with Crippen molar-refractivity contribution < 1.29 is 9.59 Å². The van der Waals surface area contributed by atoms with Gasteiger partial charge in [0.2, 0.25) is 5.91 Å². The Kier molecular flexibility index (Phi) is 4.05. The Labute approximate surface area is 141 Å². The van der Waals surface area contributed by atoms with Crippen molar-refractivity contribution in [2.45, 2.75) is 56.0 Å². The van der Waals surface area contributed by atoms with Crippen molar-refractivity contribution in [3.8, 4) is 0 Å². The molecule has 1 N–H and O–H groups in total. The van der Waals surface area contributed by atoms with Gasteiger partial charge in [-0.3, -0.25) is 9.59 Å². The van der Waals surface area contributed by atoms with E-state index in [0.717, 1.165) is 24.0 Å². The first-order valence-corrected chi connectivity index (χ1v) is 9.64. The summed E-state index contributed by atoms with van der Waals surface area (Å²) < 4.78 is 0. The van der Waals surface area contributed by atoms with Gasteiger partial charge in [0.05, 0.1) is 0 Å². The first-order chi connectivity index (χ1) is 11.3. The van der Waals surface area contributed by atoms with Crippen LogP contribution in [0.2, 0.25) is 0 Å². The number of benzene rings is 1. The van der Waals surface area contributed by atoms with E-state index in [1.807, 2.05) is 24.3 Å². The lowest BCUT2D eigenvalue weighted by atomic mass is 10.1. The molecule has 1 aromatic rings. The van der Waals surface area contributed by atoms with Crippen LogP contribution >= 0.6 is 11.8 Å². The second kappa shape index (κ2) is 6.19. The van der Waals surface area contributed by atoms with E-state index in [1.165, 1.54) is 25.7 Å². The number of carbonyl (C=O) groups excluding carboxylic acids is 2. The smallest absolute Gasteiger partial charge is 0.256 e. The van der Waals surface area contributed by atoms with E-state index in [2.05, 4.69) is 5.32 Å². The molecule has 23 heavy (non-hydrogen) atoms. The number of carbonyl (C=O) groups is 2. The first-order valence-electron chi connectivity index (χ1n) is 8.59. The molecule has 1 aromatic carbocycles. The van der Waals surface area contributed by atoms with Crippen LogP contribution in [-0.2, 0) is 4.79 Å². The van der Waals surface area contributed by atoms with Crippen LogP contribution in [-0.4, -0.2) is 34.6 Å². The Morgan fingerprint density at radius 1 is 1.13 bits per heavy atom. The summed E-state index contributed by atoms with van der Waals surface area (Å²) in [4.78, 5) is 27.2. The number of hydrogen-bond acceptors (Lipinski definition) is 3. The van der Waals surface area contributed by atoms with Crippen LogP contribution in [0.15, 0.2) is 24.3 Å². The molecule has 1 saturated carbocycles. The number of amides is 2. The summed E-state index contributed by atoms with van der Waals surface area (Å²) in [5, 5.41) is 3.23. The molecule has 2 aliphatic heterocycles. The number of nitrogens with zero attached hydrogens (tertiary/aromatic N) is 1. The van der Waals surface area contributed by atoms with Crippen LogP contribution in [0.5, 0.6) is 0 Å². The highest BCUT2D eigenvalue weighted by molar-refractivity contribution is 7.99. The highest BCUT2D eigenvalue weighted by atomic mass is 32.2. The second-order valence-electron chi connectivity index (χ2n) is 6.70. The van der Waals surface area contributed by atoms with E-state index in [-0.39, 0.29) is 29.3 Å². The lowest BCUT2D eigenvalue weighted by Gasteiger charge is -2.25. The van der Waals surface area contributed by atoms with Gasteiger partial charge in [-0.25, -0.2) is 0 Å². The van der Waals surface area contributed by atoms with Crippen molar-refractivity contribution in [2.75, 3.05) is 5.75 Å². The lowest BCUT2D eigenvalue weighted by Crippen LogP contribution is -2.48. The van der Waals surface area contributed by atoms with E-state index in [4.69, 9.17) is 0 Å². The van der Waals surface area contributed by atoms with E-state index >= 15 is 0 Å². The molecule has 4 rings (SSSR count). The predicted molar refractivity (Wildman–Crippen MR) is 91.2 cm³/mol. The number of thioether (sulfide) groups is 1. The molecule has 122 valence electrons. The molecule has 0 bridgehead atoms. The SMILES string of the molecule is O=C(NC1CCCCCC1)C1CSC2c3ccccc3C(=O)N12. The molecule has 2 heterocycles. The zero-order chi connectivity index (χ0) is 15.8. The normalized spacial score (nSPS) is 27.5. The average Bonchev–Trinajstić information content (AvgIpc) is 3.00. The van der Waals surface area contributed by atoms with Gasteiger partial charge in [0.25, 0.3) is 5.91 Å². The number of fused-ring (bicyclic) bond motifs is 3. The molecule has 4 nitrogen and oxygen atoms in total. The maximum atomic E-state index is 12.7. The fourth-order valence-electron chi connectivity index (χ4n) is 3.96. The summed E-state index contributed by atoms with van der Waals surface area (Å²) in [5.41, 5.74) is 1.82. The van der Waals surface area contributed by atoms with Gasteiger partial charge < -0.3 is 10.2 Å². The standard InChI is InChI=1S/C18H22N2O2S/c21-16(19-12-7-3-1-2-4-8-12)15-11-23-18-14-10-6-5-9-13(14)17(22)20(15)18/h5-6,9-10,12,15,18H,1-4,7-8,11H2,(H,19,21). The van der Waals surface area contributed by atoms with Crippen molar-refractivity contribution in [2.24, 2.45) is 0 Å². The molecule has 5 heteroatoms. The quantitative estimate of drug-likeness (QED) is 0.848. The van der Waals surface area contributed by atoms with Crippen LogP contribution in [0.25, 0.3) is 0 Å². The Bertz CT molecular complexity index is 625. The van der Waals surface area contributed by atoms with Crippen molar-refractivity contribution in [3.63, 3.8) is 0 Å². The van der Waals surface area contributed by atoms with Crippen molar-refractivity contribution in [3.05, 3.63) is 35.4 Å². The van der Waals surface area contributed by atoms with Gasteiger partial charge in [0.15, 0.2) is 0 Å². The summed E-state index contributed by atoms with van der Waals surface area (Å²) in [6, 6.07) is 7.70. The molecule has 2 atom stereocenters. The first kappa shape index (κ1) is 15.1. The van der Waals surface area contributed by atoms with Gasteiger partial charge in [0, 0.05) is 17.4 Å². The Balaban J connectivity index is 1.49. The Morgan fingerprint density at radius 2 is 1.87 bits per heavy atom. The molecule has 1 saturated heterocycles. The third-order valence-electron chi connectivity index (χ3n) is 5.20. The van der Waals surface area contributed by atoms with Crippen LogP contribution < -0.4 is 5.32 Å². The number of hydrogen-bond donors (Lipinski definition) is 1. The zero-order valence-electron chi connectivity index (χ0n) is 13.2. The highest BCUT2D eigenvalue weighted by Crippen LogP contribution is 2.48. The second-order valence-corrected chi connectivity index (χ2v) is 7.81. The van der Waals surface area contributed by atoms with Crippen LogP contribution in [0.4, 0.5) is 0 Å². The average molecular weight is 330 g/mol. The molecule has 0 spiro atoms. The zero-order valence-corrected chi connectivity index (χ0v) is 14.0. The maximum Gasteiger partial charge on any atom is 0.256 e. The molecular formula is C18H22N2O2S. The fraction of sp³-hybridized carbons (Fsp3) is 0.556. The molecule has 2 fully saturated rings. The van der Waals surface area contributed by atoms with Crippen LogP contribution in [0, 0.1) is 0 Å². The minimum absolute atomic E-state index is 0.0108. The molecule has 0 aromatic heterocycles. The third-order valence-corrected chi connectivity index (χ3v) is 6.50. The van der Waals surface area contributed by atoms with Crippen molar-refractivity contribution >= 4 is 23.6 Å². The van der Waals surface area contributed by atoms with Gasteiger partial charge in [-0.05, 0) is 24.5 Å². The monoisotopic (exact) mass is 330 g/mol. The summed E-state index contributed by atoms with van der Waals surface area (Å²) in [6.45, 7) is 0. The Hall–Kier alpha value is -1.49. The Morgan fingerprint density at radius 3 is 2.65 bits per heavy atom. The van der Waals surface area contributed by atoms with Gasteiger partial charge in [-0.2, -0.15) is 0 Å². The van der Waals surface area contributed by atoms with Crippen LogP contribution in [0.1, 0.15) is 59.8 Å². The van der Waals surface area contributed by atoms with Gasteiger partial charge >= 0.3 is 0 Å². The fourth-order valence-corrected chi connectivity index (χ4v) is 5.43. The van der Waals surface area contributed by atoms with Gasteiger partial charge in [-0.1, -0.05) is 43.9 Å². The third kappa shape index (κ3) is 2.65. The lowest BCUT2D eigenvalue weighted by molar-refractivity contribution is -0.125. The van der Waals surface area contributed by atoms with E-state index in [1.54, 1.807) is 16.7 Å². The topological polar surface area (TPSA) is 49.4 Å². The molecule has 3 aliphatic rings. The minimum Gasteiger partial charge on any atom is -0.352 e. The molecular weight excluding hydrogens is 308 g/mol.